The molecule has 0 unspecified atom stereocenters. The van der Waals surface area contributed by atoms with Crippen LogP contribution in [0.1, 0.15) is 32.0 Å². The van der Waals surface area contributed by atoms with Gasteiger partial charge in [0.2, 0.25) is 5.91 Å². The zero-order chi connectivity index (χ0) is 14.7. The third-order valence-electron chi connectivity index (χ3n) is 3.96. The largest absolute Gasteiger partial charge is 0.378 e. The number of para-hydroxylation sites is 2. The molecule has 2 aromatic rings. The lowest BCUT2D eigenvalue weighted by Gasteiger charge is -2.34. The zero-order valence-corrected chi connectivity index (χ0v) is 12.3. The molecule has 1 heterocycles. The lowest BCUT2D eigenvalue weighted by atomic mass is 9.80. The minimum absolute atomic E-state index is 0.0930. The number of aromatic nitrogens is 2. The highest BCUT2D eigenvalue weighted by Crippen LogP contribution is 2.32. The molecule has 1 amide bonds. The number of hydrogen-bond acceptors (Lipinski definition) is 3. The maximum atomic E-state index is 11.9. The van der Waals surface area contributed by atoms with E-state index in [-0.39, 0.29) is 5.91 Å². The maximum absolute atomic E-state index is 11.9. The highest BCUT2D eigenvalue weighted by molar-refractivity contribution is 5.77. The Hall–Kier alpha value is -1.88. The van der Waals surface area contributed by atoms with Crippen molar-refractivity contribution < 1.29 is 9.53 Å². The van der Waals surface area contributed by atoms with Crippen LogP contribution in [0.4, 0.5) is 0 Å². The predicted molar refractivity (Wildman–Crippen MR) is 80.7 cm³/mol. The standard InChI is InChI=1S/C16H21N3O2/c1-2-21-12-7-11(8-12)9-16(20)17-10-15-18-13-5-3-4-6-14(13)19-15/h3-6,11-12H,2,7-10H2,1H3,(H,17,20)(H,18,19). The van der Waals surface area contributed by atoms with Crippen LogP contribution >= 0.6 is 0 Å². The van der Waals surface area contributed by atoms with Gasteiger partial charge in [0.25, 0.3) is 0 Å². The van der Waals surface area contributed by atoms with E-state index in [2.05, 4.69) is 15.3 Å². The summed E-state index contributed by atoms with van der Waals surface area (Å²) in [6.45, 7) is 3.22. The Kier molecular flexibility index (Phi) is 4.20. The second-order valence-electron chi connectivity index (χ2n) is 5.60. The van der Waals surface area contributed by atoms with E-state index in [4.69, 9.17) is 4.74 Å². The van der Waals surface area contributed by atoms with Crippen LogP contribution in [-0.4, -0.2) is 28.6 Å². The number of amides is 1. The first-order valence-electron chi connectivity index (χ1n) is 7.56. The Morgan fingerprint density at radius 1 is 1.43 bits per heavy atom. The second-order valence-corrected chi connectivity index (χ2v) is 5.60. The molecular weight excluding hydrogens is 266 g/mol. The molecule has 21 heavy (non-hydrogen) atoms. The Bertz CT molecular complexity index is 584. The molecule has 5 heteroatoms. The topological polar surface area (TPSA) is 67.0 Å². The van der Waals surface area contributed by atoms with E-state index >= 15 is 0 Å². The van der Waals surface area contributed by atoms with Crippen LogP contribution < -0.4 is 5.32 Å². The zero-order valence-electron chi connectivity index (χ0n) is 12.3. The lowest BCUT2D eigenvalue weighted by molar-refractivity contribution is -0.124. The van der Waals surface area contributed by atoms with Gasteiger partial charge in [-0.25, -0.2) is 4.98 Å². The average Bonchev–Trinajstić information content (AvgIpc) is 2.86. The number of carbonyl (C=O) groups is 1. The van der Waals surface area contributed by atoms with Gasteiger partial charge in [-0.15, -0.1) is 0 Å². The normalized spacial score (nSPS) is 21.2. The summed E-state index contributed by atoms with van der Waals surface area (Å²) in [6, 6.07) is 7.86. The summed E-state index contributed by atoms with van der Waals surface area (Å²) in [4.78, 5) is 19.6. The van der Waals surface area contributed by atoms with Crippen LogP contribution in [0.25, 0.3) is 11.0 Å². The molecule has 1 saturated carbocycles. The number of nitrogens with one attached hydrogen (secondary N) is 2. The molecule has 0 bridgehead atoms. The van der Waals surface area contributed by atoms with Crippen molar-refractivity contribution in [3.63, 3.8) is 0 Å². The van der Waals surface area contributed by atoms with Gasteiger partial charge >= 0.3 is 0 Å². The van der Waals surface area contributed by atoms with Gasteiger partial charge in [0.1, 0.15) is 5.82 Å². The number of hydrogen-bond donors (Lipinski definition) is 2. The lowest BCUT2D eigenvalue weighted by Crippen LogP contribution is -2.35. The summed E-state index contributed by atoms with van der Waals surface area (Å²) in [5, 5.41) is 2.93. The molecule has 0 spiro atoms. The fraction of sp³-hybridized carbons (Fsp3) is 0.500. The molecule has 1 aromatic heterocycles. The van der Waals surface area contributed by atoms with E-state index in [1.807, 2.05) is 31.2 Å². The smallest absolute Gasteiger partial charge is 0.220 e. The van der Waals surface area contributed by atoms with Gasteiger partial charge in [0.15, 0.2) is 0 Å². The van der Waals surface area contributed by atoms with Gasteiger partial charge in [-0.2, -0.15) is 0 Å². The number of rotatable bonds is 6. The van der Waals surface area contributed by atoms with Gasteiger partial charge in [-0.3, -0.25) is 4.79 Å². The molecule has 1 aromatic carbocycles. The third-order valence-corrected chi connectivity index (χ3v) is 3.96. The molecule has 1 aliphatic carbocycles. The minimum Gasteiger partial charge on any atom is -0.378 e. The van der Waals surface area contributed by atoms with E-state index in [0.29, 0.717) is 25.0 Å². The number of benzene rings is 1. The van der Waals surface area contributed by atoms with Crippen molar-refractivity contribution in [2.75, 3.05) is 6.61 Å². The van der Waals surface area contributed by atoms with E-state index < -0.39 is 0 Å². The number of carbonyl (C=O) groups excluding carboxylic acids is 1. The van der Waals surface area contributed by atoms with Crippen LogP contribution in [0, 0.1) is 5.92 Å². The highest BCUT2D eigenvalue weighted by Gasteiger charge is 2.30. The highest BCUT2D eigenvalue weighted by atomic mass is 16.5. The van der Waals surface area contributed by atoms with Crippen molar-refractivity contribution >= 4 is 16.9 Å². The number of H-pyrrole nitrogens is 1. The Labute approximate surface area is 124 Å². The molecule has 0 saturated heterocycles. The SMILES string of the molecule is CCOC1CC(CC(=O)NCc2nc3ccccc3[nH]2)C1. The number of imidazole rings is 1. The van der Waals surface area contributed by atoms with Crippen molar-refractivity contribution in [2.45, 2.75) is 38.8 Å². The maximum Gasteiger partial charge on any atom is 0.220 e. The molecule has 112 valence electrons. The molecule has 1 aliphatic rings. The Morgan fingerprint density at radius 2 is 2.24 bits per heavy atom. The molecule has 1 fully saturated rings. The summed E-state index contributed by atoms with van der Waals surface area (Å²) in [5.41, 5.74) is 1.93. The molecule has 0 atom stereocenters. The van der Waals surface area contributed by atoms with Gasteiger partial charge in [0, 0.05) is 13.0 Å². The number of ether oxygens (including phenoxy) is 1. The quantitative estimate of drug-likeness (QED) is 0.857. The van der Waals surface area contributed by atoms with Crippen LogP contribution in [0.3, 0.4) is 0 Å². The van der Waals surface area contributed by atoms with Crippen molar-refractivity contribution in [1.29, 1.82) is 0 Å². The van der Waals surface area contributed by atoms with Gasteiger partial charge in [0.05, 0.1) is 23.7 Å². The van der Waals surface area contributed by atoms with Crippen molar-refractivity contribution in [3.05, 3.63) is 30.1 Å². The summed E-state index contributed by atoms with van der Waals surface area (Å²) in [7, 11) is 0. The van der Waals surface area contributed by atoms with Crippen LogP contribution in [0.5, 0.6) is 0 Å². The van der Waals surface area contributed by atoms with E-state index in [9.17, 15) is 4.79 Å². The first-order chi connectivity index (χ1) is 10.2. The average molecular weight is 287 g/mol. The molecule has 3 rings (SSSR count). The molecule has 2 N–H and O–H groups in total. The van der Waals surface area contributed by atoms with E-state index in [1.165, 1.54) is 0 Å². The Morgan fingerprint density at radius 3 is 3.00 bits per heavy atom. The monoisotopic (exact) mass is 287 g/mol. The molecule has 0 aliphatic heterocycles. The first kappa shape index (κ1) is 14.1. The van der Waals surface area contributed by atoms with E-state index in [0.717, 1.165) is 36.3 Å². The third kappa shape index (κ3) is 3.42. The first-order valence-corrected chi connectivity index (χ1v) is 7.56. The molecule has 5 nitrogen and oxygen atoms in total. The van der Waals surface area contributed by atoms with Crippen molar-refractivity contribution in [2.24, 2.45) is 5.92 Å². The number of nitrogens with zero attached hydrogens (tertiary/aromatic N) is 1. The molecular formula is C16H21N3O2. The van der Waals surface area contributed by atoms with Crippen LogP contribution in [0.15, 0.2) is 24.3 Å². The molecule has 0 radical (unpaired) electrons. The van der Waals surface area contributed by atoms with Crippen molar-refractivity contribution in [3.8, 4) is 0 Å². The van der Waals surface area contributed by atoms with E-state index in [1.54, 1.807) is 0 Å². The summed E-state index contributed by atoms with van der Waals surface area (Å²) in [6.07, 6.45) is 2.96. The fourth-order valence-electron chi connectivity index (χ4n) is 2.82. The summed E-state index contributed by atoms with van der Waals surface area (Å²) < 4.78 is 5.51. The fourth-order valence-corrected chi connectivity index (χ4v) is 2.82. The number of aromatic amines is 1. The van der Waals surface area contributed by atoms with Crippen molar-refractivity contribution in [1.82, 2.24) is 15.3 Å². The van der Waals surface area contributed by atoms with Gasteiger partial charge in [-0.05, 0) is 37.8 Å². The predicted octanol–water partition coefficient (Wildman–Crippen LogP) is 2.38. The second kappa shape index (κ2) is 6.26. The number of fused-ring (bicyclic) bond motifs is 1. The summed E-state index contributed by atoms with van der Waals surface area (Å²) >= 11 is 0. The van der Waals surface area contributed by atoms with Gasteiger partial charge < -0.3 is 15.0 Å². The minimum atomic E-state index is 0.0930. The van der Waals surface area contributed by atoms with Crippen LogP contribution in [-0.2, 0) is 16.1 Å². The van der Waals surface area contributed by atoms with Gasteiger partial charge in [-0.1, -0.05) is 12.1 Å². The summed E-state index contributed by atoms with van der Waals surface area (Å²) in [5.74, 6) is 1.36. The van der Waals surface area contributed by atoms with Crippen LogP contribution in [0.2, 0.25) is 0 Å². The Balaban J connectivity index is 1.43.